The first-order valence-corrected chi connectivity index (χ1v) is 6.47. The molecule has 1 N–H and O–H groups in total. The molecule has 21 heavy (non-hydrogen) atoms. The Balaban J connectivity index is 2.08. The Morgan fingerprint density at radius 1 is 1.48 bits per heavy atom. The van der Waals surface area contributed by atoms with Gasteiger partial charge in [-0.2, -0.15) is 5.10 Å². The van der Waals surface area contributed by atoms with Crippen LogP contribution in [0.3, 0.4) is 0 Å². The SMILES string of the molecule is COC(=O)c1c(NC(=O)CCc2ccco2)c(C)nn1C. The molecule has 0 atom stereocenters. The lowest BCUT2D eigenvalue weighted by atomic mass is 10.2. The van der Waals surface area contributed by atoms with Gasteiger partial charge in [0.2, 0.25) is 5.91 Å². The van der Waals surface area contributed by atoms with Crippen molar-refractivity contribution in [1.82, 2.24) is 9.78 Å². The Hall–Kier alpha value is -2.57. The van der Waals surface area contributed by atoms with Gasteiger partial charge in [0.15, 0.2) is 5.69 Å². The molecule has 0 saturated carbocycles. The smallest absolute Gasteiger partial charge is 0.358 e. The van der Waals surface area contributed by atoms with Crippen LogP contribution in [0, 0.1) is 6.92 Å². The summed E-state index contributed by atoms with van der Waals surface area (Å²) in [5.41, 5.74) is 1.17. The Bertz CT molecular complexity index is 643. The van der Waals surface area contributed by atoms with Gasteiger partial charge in [0.25, 0.3) is 0 Å². The summed E-state index contributed by atoms with van der Waals surface area (Å²) in [5.74, 6) is -0.0201. The van der Waals surface area contributed by atoms with Crippen molar-refractivity contribution < 1.29 is 18.7 Å². The molecular formula is C14H17N3O4. The number of carbonyl (C=O) groups excluding carboxylic acids is 2. The van der Waals surface area contributed by atoms with Gasteiger partial charge in [0, 0.05) is 19.9 Å². The van der Waals surface area contributed by atoms with E-state index in [1.54, 1.807) is 26.3 Å². The lowest BCUT2D eigenvalue weighted by Crippen LogP contribution is -2.17. The molecule has 2 heterocycles. The average Bonchev–Trinajstić information content (AvgIpc) is 3.05. The largest absolute Gasteiger partial charge is 0.469 e. The number of aromatic nitrogens is 2. The highest BCUT2D eigenvalue weighted by Crippen LogP contribution is 2.21. The summed E-state index contributed by atoms with van der Waals surface area (Å²) in [7, 11) is 2.91. The number of hydrogen-bond acceptors (Lipinski definition) is 5. The molecule has 2 rings (SSSR count). The highest BCUT2D eigenvalue weighted by molar-refractivity contribution is 6.00. The normalized spacial score (nSPS) is 10.4. The summed E-state index contributed by atoms with van der Waals surface area (Å²) in [6, 6.07) is 3.58. The Morgan fingerprint density at radius 3 is 2.86 bits per heavy atom. The Labute approximate surface area is 121 Å². The van der Waals surface area contributed by atoms with Crippen molar-refractivity contribution in [3.8, 4) is 0 Å². The van der Waals surface area contributed by atoms with Crippen LogP contribution in [0.2, 0.25) is 0 Å². The van der Waals surface area contributed by atoms with E-state index in [-0.39, 0.29) is 18.0 Å². The van der Waals surface area contributed by atoms with Crippen molar-refractivity contribution in [3.05, 3.63) is 35.5 Å². The van der Waals surface area contributed by atoms with Crippen LogP contribution in [0.4, 0.5) is 5.69 Å². The molecule has 0 spiro atoms. The minimum atomic E-state index is -0.542. The van der Waals surface area contributed by atoms with Crippen LogP contribution in [0.15, 0.2) is 22.8 Å². The monoisotopic (exact) mass is 291 g/mol. The van der Waals surface area contributed by atoms with Crippen molar-refractivity contribution in [1.29, 1.82) is 0 Å². The third kappa shape index (κ3) is 3.31. The summed E-state index contributed by atoms with van der Waals surface area (Å²) < 4.78 is 11.3. The summed E-state index contributed by atoms with van der Waals surface area (Å²) in [6.45, 7) is 1.72. The number of ether oxygens (including phenoxy) is 1. The summed E-state index contributed by atoms with van der Waals surface area (Å²) >= 11 is 0. The predicted octanol–water partition coefficient (Wildman–Crippen LogP) is 1.68. The molecule has 0 radical (unpaired) electrons. The van der Waals surface area contributed by atoms with E-state index in [0.717, 1.165) is 5.76 Å². The number of furan rings is 1. The first-order valence-electron chi connectivity index (χ1n) is 6.47. The van der Waals surface area contributed by atoms with Gasteiger partial charge in [-0.25, -0.2) is 4.79 Å². The molecule has 2 aromatic heterocycles. The minimum Gasteiger partial charge on any atom is -0.469 e. The molecular weight excluding hydrogens is 274 g/mol. The van der Waals surface area contributed by atoms with E-state index < -0.39 is 5.97 Å². The fourth-order valence-electron chi connectivity index (χ4n) is 2.03. The fourth-order valence-corrected chi connectivity index (χ4v) is 2.03. The van der Waals surface area contributed by atoms with Crippen LogP contribution in [0.25, 0.3) is 0 Å². The number of amides is 1. The van der Waals surface area contributed by atoms with E-state index >= 15 is 0 Å². The third-order valence-corrected chi connectivity index (χ3v) is 3.04. The molecule has 112 valence electrons. The summed E-state index contributed by atoms with van der Waals surface area (Å²) in [6.07, 6.45) is 2.31. The number of anilines is 1. The van der Waals surface area contributed by atoms with Gasteiger partial charge in [-0.3, -0.25) is 9.48 Å². The molecule has 2 aromatic rings. The van der Waals surface area contributed by atoms with Crippen molar-refractivity contribution in [2.75, 3.05) is 12.4 Å². The second-order valence-electron chi connectivity index (χ2n) is 4.55. The standard InChI is InChI=1S/C14H17N3O4/c1-9-12(13(14(19)20-3)17(2)16-9)15-11(18)7-6-10-5-4-8-21-10/h4-5,8H,6-7H2,1-3H3,(H,15,18). The maximum absolute atomic E-state index is 12.0. The number of methoxy groups -OCH3 is 1. The van der Waals surface area contributed by atoms with Crippen molar-refractivity contribution in [2.24, 2.45) is 7.05 Å². The Morgan fingerprint density at radius 2 is 2.24 bits per heavy atom. The number of rotatable bonds is 5. The van der Waals surface area contributed by atoms with Crippen molar-refractivity contribution in [2.45, 2.75) is 19.8 Å². The number of nitrogens with one attached hydrogen (secondary N) is 1. The molecule has 0 aliphatic heterocycles. The Kier molecular flexibility index (Phi) is 4.42. The van der Waals surface area contributed by atoms with E-state index in [4.69, 9.17) is 9.15 Å². The fraction of sp³-hybridized carbons (Fsp3) is 0.357. The number of aryl methyl sites for hydroxylation is 3. The lowest BCUT2D eigenvalue weighted by molar-refractivity contribution is -0.116. The molecule has 0 saturated heterocycles. The van der Waals surface area contributed by atoms with Gasteiger partial charge in [0.05, 0.1) is 24.8 Å². The second kappa shape index (κ2) is 6.25. The van der Waals surface area contributed by atoms with Crippen LogP contribution in [0.1, 0.15) is 28.4 Å². The quantitative estimate of drug-likeness (QED) is 0.847. The lowest BCUT2D eigenvalue weighted by Gasteiger charge is -2.06. The summed E-state index contributed by atoms with van der Waals surface area (Å²) in [5, 5.41) is 6.84. The highest BCUT2D eigenvalue weighted by Gasteiger charge is 2.22. The first kappa shape index (κ1) is 14.8. The number of hydrogen-bond donors (Lipinski definition) is 1. The van der Waals surface area contributed by atoms with E-state index in [9.17, 15) is 9.59 Å². The molecule has 1 amide bonds. The number of esters is 1. The number of nitrogens with zero attached hydrogens (tertiary/aromatic N) is 2. The van der Waals surface area contributed by atoms with Crippen LogP contribution in [0.5, 0.6) is 0 Å². The molecule has 0 aliphatic carbocycles. The highest BCUT2D eigenvalue weighted by atomic mass is 16.5. The topological polar surface area (TPSA) is 86.4 Å². The zero-order valence-electron chi connectivity index (χ0n) is 12.2. The van der Waals surface area contributed by atoms with Crippen LogP contribution in [-0.2, 0) is 23.0 Å². The molecule has 0 unspecified atom stereocenters. The molecule has 7 nitrogen and oxygen atoms in total. The zero-order chi connectivity index (χ0) is 15.4. The van der Waals surface area contributed by atoms with Crippen LogP contribution in [-0.4, -0.2) is 28.8 Å². The van der Waals surface area contributed by atoms with Crippen molar-refractivity contribution in [3.63, 3.8) is 0 Å². The molecule has 7 heteroatoms. The van der Waals surface area contributed by atoms with Crippen molar-refractivity contribution >= 4 is 17.6 Å². The van der Waals surface area contributed by atoms with Gasteiger partial charge in [0.1, 0.15) is 5.76 Å². The maximum Gasteiger partial charge on any atom is 0.358 e. The second-order valence-corrected chi connectivity index (χ2v) is 4.55. The van der Waals surface area contributed by atoms with E-state index in [2.05, 4.69) is 10.4 Å². The average molecular weight is 291 g/mol. The van der Waals surface area contributed by atoms with Gasteiger partial charge in [-0.15, -0.1) is 0 Å². The molecule has 0 aliphatic rings. The molecule has 0 bridgehead atoms. The van der Waals surface area contributed by atoms with E-state index in [1.165, 1.54) is 11.8 Å². The predicted molar refractivity (Wildman–Crippen MR) is 74.9 cm³/mol. The molecule has 0 aromatic carbocycles. The van der Waals surface area contributed by atoms with Gasteiger partial charge in [-0.05, 0) is 19.1 Å². The van der Waals surface area contributed by atoms with Crippen LogP contribution >= 0.6 is 0 Å². The third-order valence-electron chi connectivity index (χ3n) is 3.04. The number of carbonyl (C=O) groups is 2. The van der Waals surface area contributed by atoms with Gasteiger partial charge < -0.3 is 14.5 Å². The van der Waals surface area contributed by atoms with E-state index in [1.807, 2.05) is 6.07 Å². The first-order chi connectivity index (χ1) is 10.0. The summed E-state index contributed by atoms with van der Waals surface area (Å²) in [4.78, 5) is 23.7. The zero-order valence-corrected chi connectivity index (χ0v) is 12.2. The minimum absolute atomic E-state index is 0.215. The van der Waals surface area contributed by atoms with Gasteiger partial charge in [-0.1, -0.05) is 0 Å². The van der Waals surface area contributed by atoms with E-state index in [0.29, 0.717) is 17.8 Å². The molecule has 0 fully saturated rings. The van der Waals surface area contributed by atoms with Gasteiger partial charge >= 0.3 is 5.97 Å². The van der Waals surface area contributed by atoms with Crippen LogP contribution < -0.4 is 5.32 Å². The maximum atomic E-state index is 12.0.